The highest BCUT2D eigenvalue weighted by atomic mass is 16.3. The Hall–Kier alpha value is -0.0800. The molecule has 0 heterocycles. The summed E-state index contributed by atoms with van der Waals surface area (Å²) in [7, 11) is 0. The highest BCUT2D eigenvalue weighted by Crippen LogP contribution is 2.40. The summed E-state index contributed by atoms with van der Waals surface area (Å²) in [6, 6.07) is 0. The van der Waals surface area contributed by atoms with E-state index in [1.54, 1.807) is 0 Å². The zero-order valence-electron chi connectivity index (χ0n) is 12.3. The predicted molar refractivity (Wildman–Crippen MR) is 74.0 cm³/mol. The summed E-state index contributed by atoms with van der Waals surface area (Å²) in [6.07, 6.45) is 3.69. The molecule has 102 valence electrons. The van der Waals surface area contributed by atoms with Crippen molar-refractivity contribution in [2.75, 3.05) is 13.2 Å². The fourth-order valence-electron chi connectivity index (χ4n) is 3.44. The Morgan fingerprint density at radius 1 is 1.24 bits per heavy atom. The summed E-state index contributed by atoms with van der Waals surface area (Å²) >= 11 is 0. The van der Waals surface area contributed by atoms with Crippen molar-refractivity contribution in [3.05, 3.63) is 0 Å². The third kappa shape index (κ3) is 3.69. The van der Waals surface area contributed by atoms with Gasteiger partial charge in [0.05, 0.1) is 6.61 Å². The lowest BCUT2D eigenvalue weighted by atomic mass is 9.65. The van der Waals surface area contributed by atoms with Gasteiger partial charge < -0.3 is 10.4 Å². The molecule has 1 rings (SSSR count). The van der Waals surface area contributed by atoms with Crippen molar-refractivity contribution in [2.24, 2.45) is 23.7 Å². The smallest absolute Gasteiger partial charge is 0.0616 e. The molecule has 1 aliphatic rings. The van der Waals surface area contributed by atoms with E-state index in [0.717, 1.165) is 18.9 Å². The zero-order chi connectivity index (χ0) is 13.1. The van der Waals surface area contributed by atoms with Crippen LogP contribution in [0.4, 0.5) is 0 Å². The fourth-order valence-corrected chi connectivity index (χ4v) is 3.44. The maximum absolute atomic E-state index is 9.93. The minimum atomic E-state index is -0.0316. The standard InChI is InChI=1S/C15H31NO/c1-11(2)9-16-15(10-17)8-13(5)6-7-14(15)12(3)4/h11-14,16-17H,6-10H2,1-5H3. The molecule has 1 saturated carbocycles. The first-order valence-corrected chi connectivity index (χ1v) is 7.27. The Kier molecular flexibility index (Phi) is 5.46. The van der Waals surface area contributed by atoms with Gasteiger partial charge in [-0.2, -0.15) is 0 Å². The molecule has 1 fully saturated rings. The van der Waals surface area contributed by atoms with Gasteiger partial charge in [-0.05, 0) is 43.1 Å². The third-order valence-electron chi connectivity index (χ3n) is 4.34. The first-order chi connectivity index (χ1) is 7.91. The van der Waals surface area contributed by atoms with Crippen LogP contribution < -0.4 is 5.32 Å². The molecular weight excluding hydrogens is 210 g/mol. The number of hydrogen-bond donors (Lipinski definition) is 2. The Morgan fingerprint density at radius 3 is 2.35 bits per heavy atom. The van der Waals surface area contributed by atoms with Crippen LogP contribution in [-0.2, 0) is 0 Å². The number of hydrogen-bond acceptors (Lipinski definition) is 2. The molecule has 2 nitrogen and oxygen atoms in total. The second kappa shape index (κ2) is 6.19. The Morgan fingerprint density at radius 2 is 1.88 bits per heavy atom. The van der Waals surface area contributed by atoms with Crippen molar-refractivity contribution in [2.45, 2.75) is 59.4 Å². The van der Waals surface area contributed by atoms with Gasteiger partial charge >= 0.3 is 0 Å². The molecule has 0 aromatic rings. The number of rotatable bonds is 5. The maximum Gasteiger partial charge on any atom is 0.0616 e. The SMILES string of the molecule is CC(C)CNC1(CO)CC(C)CCC1C(C)C. The van der Waals surface area contributed by atoms with Crippen LogP contribution in [0.1, 0.15) is 53.9 Å². The van der Waals surface area contributed by atoms with Gasteiger partial charge in [-0.1, -0.05) is 41.0 Å². The zero-order valence-corrected chi connectivity index (χ0v) is 12.3. The molecule has 0 amide bonds. The average molecular weight is 241 g/mol. The second-order valence-corrected chi connectivity index (χ2v) is 6.83. The van der Waals surface area contributed by atoms with E-state index in [-0.39, 0.29) is 12.1 Å². The summed E-state index contributed by atoms with van der Waals surface area (Å²) in [6.45, 7) is 12.7. The van der Waals surface area contributed by atoms with E-state index in [2.05, 4.69) is 39.9 Å². The quantitative estimate of drug-likeness (QED) is 0.775. The summed E-state index contributed by atoms with van der Waals surface area (Å²) < 4.78 is 0. The summed E-state index contributed by atoms with van der Waals surface area (Å²) in [4.78, 5) is 0. The molecule has 17 heavy (non-hydrogen) atoms. The predicted octanol–water partition coefficient (Wildman–Crippen LogP) is 3.06. The topological polar surface area (TPSA) is 32.3 Å². The van der Waals surface area contributed by atoms with Gasteiger partial charge in [0.15, 0.2) is 0 Å². The van der Waals surface area contributed by atoms with Gasteiger partial charge in [0, 0.05) is 5.54 Å². The first-order valence-electron chi connectivity index (χ1n) is 7.27. The largest absolute Gasteiger partial charge is 0.394 e. The minimum absolute atomic E-state index is 0.0316. The average Bonchev–Trinajstić information content (AvgIpc) is 2.25. The lowest BCUT2D eigenvalue weighted by molar-refractivity contribution is 0.0217. The summed E-state index contributed by atoms with van der Waals surface area (Å²) in [5.41, 5.74) is -0.0316. The molecule has 3 unspecified atom stereocenters. The van der Waals surface area contributed by atoms with Gasteiger partial charge in [0.2, 0.25) is 0 Å². The van der Waals surface area contributed by atoms with Crippen LogP contribution in [0.3, 0.4) is 0 Å². The van der Waals surface area contributed by atoms with Crippen molar-refractivity contribution in [3.63, 3.8) is 0 Å². The van der Waals surface area contributed by atoms with Crippen LogP contribution in [0.15, 0.2) is 0 Å². The Labute approximate surface area is 107 Å². The van der Waals surface area contributed by atoms with Gasteiger partial charge in [0.1, 0.15) is 0 Å². The summed E-state index contributed by atoms with van der Waals surface area (Å²) in [5.74, 6) is 2.64. The van der Waals surface area contributed by atoms with Crippen LogP contribution in [0, 0.1) is 23.7 Å². The van der Waals surface area contributed by atoms with Crippen LogP contribution in [0.2, 0.25) is 0 Å². The molecule has 0 radical (unpaired) electrons. The van der Waals surface area contributed by atoms with Gasteiger partial charge in [-0.25, -0.2) is 0 Å². The van der Waals surface area contributed by atoms with Gasteiger partial charge in [0.25, 0.3) is 0 Å². The molecule has 2 heteroatoms. The molecule has 0 saturated heterocycles. The van der Waals surface area contributed by atoms with Gasteiger partial charge in [-0.15, -0.1) is 0 Å². The molecule has 3 atom stereocenters. The first kappa shape index (κ1) is 15.0. The van der Waals surface area contributed by atoms with Crippen molar-refractivity contribution < 1.29 is 5.11 Å². The van der Waals surface area contributed by atoms with Crippen LogP contribution >= 0.6 is 0 Å². The van der Waals surface area contributed by atoms with E-state index in [9.17, 15) is 5.11 Å². The van der Waals surface area contributed by atoms with E-state index >= 15 is 0 Å². The van der Waals surface area contributed by atoms with Crippen molar-refractivity contribution in [1.82, 2.24) is 5.32 Å². The van der Waals surface area contributed by atoms with Crippen LogP contribution in [-0.4, -0.2) is 23.8 Å². The van der Waals surface area contributed by atoms with Gasteiger partial charge in [-0.3, -0.25) is 0 Å². The van der Waals surface area contributed by atoms with E-state index in [0.29, 0.717) is 17.8 Å². The van der Waals surface area contributed by atoms with Crippen molar-refractivity contribution in [3.8, 4) is 0 Å². The molecule has 0 aromatic heterocycles. The molecule has 0 bridgehead atoms. The highest BCUT2D eigenvalue weighted by molar-refractivity contribution is 4.99. The molecular formula is C15H31NO. The molecule has 1 aliphatic carbocycles. The third-order valence-corrected chi connectivity index (χ3v) is 4.34. The Bertz CT molecular complexity index is 227. The van der Waals surface area contributed by atoms with E-state index in [4.69, 9.17) is 0 Å². The van der Waals surface area contributed by atoms with Crippen LogP contribution in [0.25, 0.3) is 0 Å². The fraction of sp³-hybridized carbons (Fsp3) is 1.00. The molecule has 2 N–H and O–H groups in total. The van der Waals surface area contributed by atoms with Crippen molar-refractivity contribution in [1.29, 1.82) is 0 Å². The molecule has 0 spiro atoms. The van der Waals surface area contributed by atoms with Crippen LogP contribution in [0.5, 0.6) is 0 Å². The Balaban J connectivity index is 2.79. The number of nitrogens with one attached hydrogen (secondary N) is 1. The van der Waals surface area contributed by atoms with E-state index in [1.807, 2.05) is 0 Å². The second-order valence-electron chi connectivity index (χ2n) is 6.83. The van der Waals surface area contributed by atoms with E-state index in [1.165, 1.54) is 12.8 Å². The van der Waals surface area contributed by atoms with Crippen molar-refractivity contribution >= 4 is 0 Å². The maximum atomic E-state index is 9.93. The molecule has 0 aliphatic heterocycles. The number of aliphatic hydroxyl groups is 1. The number of aliphatic hydroxyl groups excluding tert-OH is 1. The monoisotopic (exact) mass is 241 g/mol. The lowest BCUT2D eigenvalue weighted by Gasteiger charge is -2.48. The summed E-state index contributed by atoms with van der Waals surface area (Å²) in [5, 5.41) is 13.6. The van der Waals surface area contributed by atoms with E-state index < -0.39 is 0 Å². The minimum Gasteiger partial charge on any atom is -0.394 e. The molecule has 0 aromatic carbocycles. The highest BCUT2D eigenvalue weighted by Gasteiger charge is 2.43. The normalized spacial score (nSPS) is 34.6. The lowest BCUT2D eigenvalue weighted by Crippen LogP contribution is -2.59.